The fraction of sp³-hybridized carbons (Fsp3) is 0.692. The van der Waals surface area contributed by atoms with Crippen molar-refractivity contribution in [2.45, 2.75) is 32.7 Å². The number of aryl methyl sites for hydroxylation is 1. The summed E-state index contributed by atoms with van der Waals surface area (Å²) in [6, 6.07) is 0.149. The SMILES string of the molecule is Cc1c(C(=O)N2CCCC(C(C)N)C2)cnn1C. The summed E-state index contributed by atoms with van der Waals surface area (Å²) >= 11 is 0. The lowest BCUT2D eigenvalue weighted by atomic mass is 9.92. The Morgan fingerprint density at radius 2 is 2.33 bits per heavy atom. The molecule has 1 aromatic rings. The minimum Gasteiger partial charge on any atom is -0.338 e. The van der Waals surface area contributed by atoms with Crippen molar-refractivity contribution in [1.29, 1.82) is 0 Å². The third kappa shape index (κ3) is 2.41. The van der Waals surface area contributed by atoms with Crippen LogP contribution in [0.1, 0.15) is 35.8 Å². The van der Waals surface area contributed by atoms with E-state index in [1.54, 1.807) is 10.9 Å². The summed E-state index contributed by atoms with van der Waals surface area (Å²) in [5.41, 5.74) is 7.58. The van der Waals surface area contributed by atoms with Crippen molar-refractivity contribution in [3.05, 3.63) is 17.5 Å². The molecule has 100 valence electrons. The zero-order chi connectivity index (χ0) is 13.3. The molecule has 2 N–H and O–H groups in total. The van der Waals surface area contributed by atoms with E-state index in [2.05, 4.69) is 5.10 Å². The number of rotatable bonds is 2. The smallest absolute Gasteiger partial charge is 0.257 e. The monoisotopic (exact) mass is 250 g/mol. The van der Waals surface area contributed by atoms with Gasteiger partial charge in [0, 0.05) is 31.9 Å². The minimum absolute atomic E-state index is 0.0888. The van der Waals surface area contributed by atoms with E-state index in [4.69, 9.17) is 5.73 Å². The molecule has 1 saturated heterocycles. The third-order valence-electron chi connectivity index (χ3n) is 3.95. The van der Waals surface area contributed by atoms with Gasteiger partial charge in [0.15, 0.2) is 0 Å². The van der Waals surface area contributed by atoms with E-state index in [1.165, 1.54) is 0 Å². The van der Waals surface area contributed by atoms with E-state index >= 15 is 0 Å². The van der Waals surface area contributed by atoms with Gasteiger partial charge in [0.2, 0.25) is 0 Å². The zero-order valence-corrected chi connectivity index (χ0v) is 11.4. The van der Waals surface area contributed by atoms with Crippen LogP contribution in [0.2, 0.25) is 0 Å². The number of carbonyl (C=O) groups excluding carboxylic acids is 1. The number of piperidine rings is 1. The molecule has 0 aliphatic carbocycles. The number of hydrogen-bond acceptors (Lipinski definition) is 3. The van der Waals surface area contributed by atoms with Crippen LogP contribution in [0.3, 0.4) is 0 Å². The van der Waals surface area contributed by atoms with Crippen LogP contribution in [0.15, 0.2) is 6.20 Å². The predicted octanol–water partition coefficient (Wildman–Crippen LogP) is 0.928. The molecule has 5 heteroatoms. The van der Waals surface area contributed by atoms with E-state index in [0.717, 1.165) is 31.6 Å². The summed E-state index contributed by atoms with van der Waals surface area (Å²) in [7, 11) is 1.85. The molecule has 18 heavy (non-hydrogen) atoms. The Morgan fingerprint density at radius 1 is 1.61 bits per heavy atom. The van der Waals surface area contributed by atoms with E-state index in [9.17, 15) is 4.79 Å². The van der Waals surface area contributed by atoms with Crippen molar-refractivity contribution < 1.29 is 4.79 Å². The topological polar surface area (TPSA) is 64.2 Å². The molecule has 0 spiro atoms. The fourth-order valence-corrected chi connectivity index (χ4v) is 2.50. The van der Waals surface area contributed by atoms with Crippen molar-refractivity contribution in [2.24, 2.45) is 18.7 Å². The second-order valence-electron chi connectivity index (χ2n) is 5.28. The molecule has 5 nitrogen and oxygen atoms in total. The average molecular weight is 250 g/mol. The molecule has 1 fully saturated rings. The molecule has 1 aliphatic heterocycles. The van der Waals surface area contributed by atoms with E-state index < -0.39 is 0 Å². The molecule has 0 bridgehead atoms. The normalized spacial score (nSPS) is 22.0. The highest BCUT2D eigenvalue weighted by atomic mass is 16.2. The fourth-order valence-electron chi connectivity index (χ4n) is 2.50. The molecule has 2 unspecified atom stereocenters. The molecule has 0 radical (unpaired) electrons. The summed E-state index contributed by atoms with van der Waals surface area (Å²) in [5.74, 6) is 0.505. The number of likely N-dealkylation sites (tertiary alicyclic amines) is 1. The van der Waals surface area contributed by atoms with Gasteiger partial charge in [-0.1, -0.05) is 0 Å². The summed E-state index contributed by atoms with van der Waals surface area (Å²) in [6.45, 7) is 5.54. The van der Waals surface area contributed by atoms with Crippen LogP contribution >= 0.6 is 0 Å². The Labute approximate surface area is 108 Å². The number of nitrogens with two attached hydrogens (primary N) is 1. The Kier molecular flexibility index (Phi) is 3.71. The molecule has 1 aliphatic rings. The second kappa shape index (κ2) is 5.10. The van der Waals surface area contributed by atoms with Gasteiger partial charge >= 0.3 is 0 Å². The van der Waals surface area contributed by atoms with Crippen LogP contribution in [-0.2, 0) is 7.05 Å². The molecular formula is C13H22N4O. The summed E-state index contributed by atoms with van der Waals surface area (Å²) in [4.78, 5) is 14.4. The van der Waals surface area contributed by atoms with Gasteiger partial charge in [-0.2, -0.15) is 5.10 Å². The average Bonchev–Trinajstić information content (AvgIpc) is 2.69. The molecular weight excluding hydrogens is 228 g/mol. The van der Waals surface area contributed by atoms with Gasteiger partial charge < -0.3 is 10.6 Å². The largest absolute Gasteiger partial charge is 0.338 e. The number of hydrogen-bond donors (Lipinski definition) is 1. The van der Waals surface area contributed by atoms with Crippen LogP contribution in [-0.4, -0.2) is 39.7 Å². The molecule has 2 rings (SSSR count). The molecule has 1 aromatic heterocycles. The van der Waals surface area contributed by atoms with Gasteiger partial charge in [0.25, 0.3) is 5.91 Å². The highest BCUT2D eigenvalue weighted by Gasteiger charge is 2.27. The summed E-state index contributed by atoms with van der Waals surface area (Å²) in [5, 5.41) is 4.13. The summed E-state index contributed by atoms with van der Waals surface area (Å²) in [6.07, 6.45) is 3.82. The predicted molar refractivity (Wildman–Crippen MR) is 70.2 cm³/mol. The highest BCUT2D eigenvalue weighted by Crippen LogP contribution is 2.21. The van der Waals surface area contributed by atoms with Crippen LogP contribution < -0.4 is 5.73 Å². The maximum absolute atomic E-state index is 12.4. The number of carbonyl (C=O) groups is 1. The lowest BCUT2D eigenvalue weighted by molar-refractivity contribution is 0.0660. The van der Waals surface area contributed by atoms with Gasteiger partial charge in [-0.15, -0.1) is 0 Å². The first kappa shape index (κ1) is 13.1. The quantitative estimate of drug-likeness (QED) is 0.849. The van der Waals surface area contributed by atoms with Crippen LogP contribution in [0, 0.1) is 12.8 Å². The Hall–Kier alpha value is -1.36. The number of amides is 1. The van der Waals surface area contributed by atoms with E-state index in [1.807, 2.05) is 25.8 Å². The van der Waals surface area contributed by atoms with Crippen molar-refractivity contribution >= 4 is 5.91 Å². The Morgan fingerprint density at radius 3 is 2.89 bits per heavy atom. The third-order valence-corrected chi connectivity index (χ3v) is 3.95. The van der Waals surface area contributed by atoms with Gasteiger partial charge in [0.1, 0.15) is 0 Å². The van der Waals surface area contributed by atoms with Crippen LogP contribution in [0.5, 0.6) is 0 Å². The van der Waals surface area contributed by atoms with E-state index in [-0.39, 0.29) is 11.9 Å². The van der Waals surface area contributed by atoms with Crippen LogP contribution in [0.4, 0.5) is 0 Å². The number of nitrogens with zero attached hydrogens (tertiary/aromatic N) is 3. The maximum Gasteiger partial charge on any atom is 0.257 e. The molecule has 2 heterocycles. The molecule has 2 atom stereocenters. The lowest BCUT2D eigenvalue weighted by Gasteiger charge is -2.34. The first-order valence-electron chi connectivity index (χ1n) is 6.54. The Balaban J connectivity index is 2.12. The number of aromatic nitrogens is 2. The van der Waals surface area contributed by atoms with Crippen molar-refractivity contribution in [1.82, 2.24) is 14.7 Å². The lowest BCUT2D eigenvalue weighted by Crippen LogP contribution is -2.45. The highest BCUT2D eigenvalue weighted by molar-refractivity contribution is 5.95. The summed E-state index contributed by atoms with van der Waals surface area (Å²) < 4.78 is 1.74. The van der Waals surface area contributed by atoms with Gasteiger partial charge in [-0.25, -0.2) is 0 Å². The Bertz CT molecular complexity index is 438. The van der Waals surface area contributed by atoms with E-state index in [0.29, 0.717) is 11.5 Å². The van der Waals surface area contributed by atoms with Crippen LogP contribution in [0.25, 0.3) is 0 Å². The van der Waals surface area contributed by atoms with Crippen molar-refractivity contribution in [3.8, 4) is 0 Å². The molecule has 0 aromatic carbocycles. The van der Waals surface area contributed by atoms with Crippen molar-refractivity contribution in [2.75, 3.05) is 13.1 Å². The standard InChI is InChI=1S/C13H22N4O/c1-9(14)11-5-4-6-17(8-11)13(18)12-7-15-16(3)10(12)2/h7,9,11H,4-6,8,14H2,1-3H3. The zero-order valence-electron chi connectivity index (χ0n) is 11.4. The van der Waals surface area contributed by atoms with Gasteiger partial charge in [-0.3, -0.25) is 9.48 Å². The molecule has 1 amide bonds. The first-order chi connectivity index (χ1) is 8.50. The molecule has 0 saturated carbocycles. The second-order valence-corrected chi connectivity index (χ2v) is 5.28. The minimum atomic E-state index is 0.0888. The maximum atomic E-state index is 12.4. The van der Waals surface area contributed by atoms with Gasteiger partial charge in [-0.05, 0) is 32.6 Å². The first-order valence-corrected chi connectivity index (χ1v) is 6.54. The van der Waals surface area contributed by atoms with Crippen molar-refractivity contribution in [3.63, 3.8) is 0 Å². The van der Waals surface area contributed by atoms with Gasteiger partial charge in [0.05, 0.1) is 11.8 Å².